The Morgan fingerprint density at radius 3 is 2.89 bits per heavy atom. The van der Waals surface area contributed by atoms with Crippen molar-refractivity contribution >= 4 is 51.9 Å². The molecule has 3 aromatic rings. The van der Waals surface area contributed by atoms with Crippen LogP contribution >= 0.6 is 22.9 Å². The maximum Gasteiger partial charge on any atom is 0.280 e. The summed E-state index contributed by atoms with van der Waals surface area (Å²) >= 11 is 7.49. The molecule has 2 amide bonds. The Morgan fingerprint density at radius 1 is 1.23 bits per heavy atom. The fourth-order valence-corrected chi connectivity index (χ4v) is 6.00. The van der Waals surface area contributed by atoms with Gasteiger partial charge in [0.25, 0.3) is 11.8 Å². The molecule has 1 aromatic carbocycles. The van der Waals surface area contributed by atoms with Crippen molar-refractivity contribution in [1.82, 2.24) is 30.4 Å². The molecular formula is C24H27ClN6O3S. The van der Waals surface area contributed by atoms with Gasteiger partial charge in [-0.1, -0.05) is 11.6 Å². The normalized spacial score (nSPS) is 21.0. The number of halogens is 1. The fourth-order valence-electron chi connectivity index (χ4n) is 4.73. The lowest BCUT2D eigenvalue weighted by Gasteiger charge is -2.38. The second-order valence-corrected chi connectivity index (χ2v) is 10.7. The monoisotopic (exact) mass is 514 g/mol. The molecule has 0 unspecified atom stereocenters. The van der Waals surface area contributed by atoms with Gasteiger partial charge in [0.15, 0.2) is 5.01 Å². The first kappa shape index (κ1) is 23.9. The van der Waals surface area contributed by atoms with Gasteiger partial charge < -0.3 is 25.3 Å². The summed E-state index contributed by atoms with van der Waals surface area (Å²) in [7, 11) is 2.06. The number of nitrogens with one attached hydrogen (secondary N) is 3. The highest BCUT2D eigenvalue weighted by Gasteiger charge is 2.33. The van der Waals surface area contributed by atoms with E-state index in [0.29, 0.717) is 35.2 Å². The molecule has 5 rings (SSSR count). The molecule has 2 aromatic heterocycles. The van der Waals surface area contributed by atoms with Crippen molar-refractivity contribution in [1.29, 1.82) is 0 Å². The number of fused-ring (bicyclic) bond motifs is 2. The predicted octanol–water partition coefficient (Wildman–Crippen LogP) is 2.07. The number of thiazole rings is 1. The number of hydrogen-bond donors (Lipinski definition) is 3. The van der Waals surface area contributed by atoms with Crippen molar-refractivity contribution in [2.75, 3.05) is 33.2 Å². The topological polar surface area (TPSA) is 110 Å². The zero-order valence-corrected chi connectivity index (χ0v) is 20.9. The number of carbonyl (C=O) groups excluding carboxylic acids is 3. The van der Waals surface area contributed by atoms with E-state index in [1.165, 1.54) is 11.3 Å². The molecule has 0 spiro atoms. The summed E-state index contributed by atoms with van der Waals surface area (Å²) < 4.78 is 0. The van der Waals surface area contributed by atoms with Gasteiger partial charge in [-0.3, -0.25) is 14.5 Å². The number of aldehydes is 1. The average molecular weight is 515 g/mol. The third-order valence-electron chi connectivity index (χ3n) is 6.61. The third-order valence-corrected chi connectivity index (χ3v) is 7.92. The summed E-state index contributed by atoms with van der Waals surface area (Å²) in [6.07, 6.45) is 2.30. The van der Waals surface area contributed by atoms with Gasteiger partial charge in [0, 0.05) is 53.4 Å². The molecule has 1 saturated heterocycles. The second kappa shape index (κ2) is 10.1. The Bertz CT molecular complexity index is 1270. The first-order valence-electron chi connectivity index (χ1n) is 11.6. The maximum absolute atomic E-state index is 13.1. The Morgan fingerprint density at radius 2 is 2.06 bits per heavy atom. The lowest BCUT2D eigenvalue weighted by Crippen LogP contribution is -2.60. The van der Waals surface area contributed by atoms with Gasteiger partial charge in [-0.15, -0.1) is 11.3 Å². The number of H-pyrrole nitrogens is 1. The number of amides is 2. The van der Waals surface area contributed by atoms with Crippen LogP contribution in [0.3, 0.4) is 0 Å². The number of rotatable bonds is 6. The largest absolute Gasteiger partial charge is 0.351 e. The summed E-state index contributed by atoms with van der Waals surface area (Å²) in [6.45, 7) is 3.12. The molecule has 2 atom stereocenters. The molecule has 35 heavy (non-hydrogen) atoms. The smallest absolute Gasteiger partial charge is 0.280 e. The van der Waals surface area contributed by atoms with Gasteiger partial charge in [0.05, 0.1) is 24.3 Å². The highest BCUT2D eigenvalue weighted by molar-refractivity contribution is 7.13. The highest BCUT2D eigenvalue weighted by atomic mass is 35.5. The standard InChI is InChI=1S/C24H27ClN6O3S/c1-30-6-4-18-21(13-30)35-24(29-18)23(34)28-20-12-31(8-9-32)7-5-17(20)27-22(33)19-11-14-10-15(25)2-3-16(14)26-19/h2-3,9-11,17,20,26H,4-8,12-13H2,1H3,(H,27,33)(H,28,34)/t17-,20+/m0/s1. The van der Waals surface area contributed by atoms with Crippen molar-refractivity contribution < 1.29 is 14.4 Å². The molecule has 184 valence electrons. The van der Waals surface area contributed by atoms with E-state index >= 15 is 0 Å². The van der Waals surface area contributed by atoms with E-state index in [1.54, 1.807) is 18.2 Å². The minimum atomic E-state index is -0.359. The molecule has 9 nitrogen and oxygen atoms in total. The van der Waals surface area contributed by atoms with Crippen molar-refractivity contribution in [3.63, 3.8) is 0 Å². The summed E-state index contributed by atoms with van der Waals surface area (Å²) in [5.41, 5.74) is 2.25. The molecule has 11 heteroatoms. The van der Waals surface area contributed by atoms with Crippen LogP contribution in [-0.2, 0) is 17.8 Å². The number of aromatic nitrogens is 2. The lowest BCUT2D eigenvalue weighted by molar-refractivity contribution is -0.109. The molecule has 2 aliphatic heterocycles. The maximum atomic E-state index is 13.1. The van der Waals surface area contributed by atoms with Crippen LogP contribution in [0.25, 0.3) is 10.9 Å². The number of aromatic amines is 1. The van der Waals surface area contributed by atoms with Gasteiger partial charge in [0.1, 0.15) is 12.0 Å². The Balaban J connectivity index is 1.31. The molecule has 1 fully saturated rings. The van der Waals surface area contributed by atoms with Crippen molar-refractivity contribution in [3.05, 3.63) is 50.6 Å². The molecule has 0 radical (unpaired) electrons. The fraction of sp³-hybridized carbons (Fsp3) is 0.417. The van der Waals surface area contributed by atoms with Gasteiger partial charge in [0.2, 0.25) is 0 Å². The quantitative estimate of drug-likeness (QED) is 0.434. The molecule has 0 saturated carbocycles. The van der Waals surface area contributed by atoms with Crippen molar-refractivity contribution in [3.8, 4) is 0 Å². The number of piperidine rings is 1. The first-order chi connectivity index (χ1) is 16.9. The Hall–Kier alpha value is -2.79. The Kier molecular flexibility index (Phi) is 6.88. The summed E-state index contributed by atoms with van der Waals surface area (Å²) in [5, 5.41) is 8.05. The molecule has 4 heterocycles. The molecule has 3 N–H and O–H groups in total. The van der Waals surface area contributed by atoms with E-state index in [4.69, 9.17) is 11.6 Å². The van der Waals surface area contributed by atoms with Crippen LogP contribution in [0.15, 0.2) is 24.3 Å². The molecule has 0 bridgehead atoms. The first-order valence-corrected chi connectivity index (χ1v) is 12.8. The van der Waals surface area contributed by atoms with E-state index in [1.807, 2.05) is 11.0 Å². The zero-order chi connectivity index (χ0) is 24.5. The number of hydrogen-bond acceptors (Lipinski definition) is 7. The zero-order valence-electron chi connectivity index (χ0n) is 19.3. The Labute approximate surface area is 211 Å². The van der Waals surface area contributed by atoms with Crippen molar-refractivity contribution in [2.45, 2.75) is 31.5 Å². The van der Waals surface area contributed by atoms with Crippen LogP contribution in [0.2, 0.25) is 5.02 Å². The summed E-state index contributed by atoms with van der Waals surface area (Å²) in [4.78, 5) is 50.3. The number of likely N-dealkylation sites (N-methyl/N-ethyl adjacent to an activating group) is 1. The average Bonchev–Trinajstić information content (AvgIpc) is 3.44. The minimum absolute atomic E-state index is 0.246. The van der Waals surface area contributed by atoms with Crippen molar-refractivity contribution in [2.24, 2.45) is 0 Å². The van der Waals surface area contributed by atoms with Gasteiger partial charge in [-0.25, -0.2) is 4.98 Å². The predicted molar refractivity (Wildman–Crippen MR) is 135 cm³/mol. The van der Waals surface area contributed by atoms with Crippen LogP contribution in [0.4, 0.5) is 0 Å². The van der Waals surface area contributed by atoms with Gasteiger partial charge in [-0.05, 0) is 37.7 Å². The summed E-state index contributed by atoms with van der Waals surface area (Å²) in [6, 6.07) is 6.53. The van der Waals surface area contributed by atoms with E-state index in [0.717, 1.165) is 47.3 Å². The summed E-state index contributed by atoms with van der Waals surface area (Å²) in [5.74, 6) is -0.498. The second-order valence-electron chi connectivity index (χ2n) is 9.17. The SMILES string of the molecule is CN1CCc2nc(C(=O)N[C@@H]3CN(CC=O)CC[C@@H]3NC(=O)c3cc4cc(Cl)ccc4[nH]3)sc2C1. The molecule has 0 aliphatic carbocycles. The lowest BCUT2D eigenvalue weighted by atomic mass is 9.98. The van der Waals surface area contributed by atoms with Crippen LogP contribution in [0.5, 0.6) is 0 Å². The number of nitrogens with zero attached hydrogens (tertiary/aromatic N) is 3. The number of benzene rings is 1. The molecule has 2 aliphatic rings. The van der Waals surface area contributed by atoms with Crippen LogP contribution in [-0.4, -0.2) is 83.2 Å². The van der Waals surface area contributed by atoms with Crippen LogP contribution in [0, 0.1) is 0 Å². The minimum Gasteiger partial charge on any atom is -0.351 e. The van der Waals surface area contributed by atoms with Gasteiger partial charge >= 0.3 is 0 Å². The molecular weight excluding hydrogens is 488 g/mol. The van der Waals surface area contributed by atoms with Crippen LogP contribution in [0.1, 0.15) is 37.3 Å². The van der Waals surface area contributed by atoms with Gasteiger partial charge in [-0.2, -0.15) is 0 Å². The number of likely N-dealkylation sites (tertiary alicyclic amines) is 1. The van der Waals surface area contributed by atoms with E-state index < -0.39 is 0 Å². The van der Waals surface area contributed by atoms with E-state index in [9.17, 15) is 14.4 Å². The van der Waals surface area contributed by atoms with E-state index in [-0.39, 0.29) is 30.4 Å². The van der Waals surface area contributed by atoms with E-state index in [2.05, 4.69) is 32.5 Å². The number of carbonyl (C=O) groups is 3. The third kappa shape index (κ3) is 5.25. The van der Waals surface area contributed by atoms with Crippen LogP contribution < -0.4 is 10.6 Å². The highest BCUT2D eigenvalue weighted by Crippen LogP contribution is 2.25.